The van der Waals surface area contributed by atoms with Crippen LogP contribution < -0.4 is 16.0 Å². The zero-order valence-corrected chi connectivity index (χ0v) is 17.1. The minimum Gasteiger partial charge on any atom is -0.481 e. The third-order valence-electron chi connectivity index (χ3n) is 4.37. The van der Waals surface area contributed by atoms with Crippen LogP contribution in [0.1, 0.15) is 48.0 Å². The van der Waals surface area contributed by atoms with E-state index in [9.17, 15) is 29.1 Å². The molecule has 0 unspecified atom stereocenters. The van der Waals surface area contributed by atoms with Crippen molar-refractivity contribution in [3.8, 4) is 0 Å². The highest BCUT2D eigenvalue weighted by molar-refractivity contribution is 5.94. The molecule has 0 radical (unpaired) electrons. The molecular weight excluding hydrogens is 410 g/mol. The van der Waals surface area contributed by atoms with Crippen molar-refractivity contribution in [2.24, 2.45) is 0 Å². The number of hydrogen-bond donors (Lipinski definition) is 6. The second kappa shape index (κ2) is 12.8. The third-order valence-corrected chi connectivity index (χ3v) is 4.37. The molecule has 1 rings (SSSR count). The van der Waals surface area contributed by atoms with E-state index in [1.165, 1.54) is 0 Å². The zero-order chi connectivity index (χ0) is 23.4. The van der Waals surface area contributed by atoms with Crippen molar-refractivity contribution in [1.29, 1.82) is 0 Å². The van der Waals surface area contributed by atoms with E-state index in [0.717, 1.165) is 5.56 Å². The van der Waals surface area contributed by atoms with E-state index in [1.54, 1.807) is 12.1 Å². The predicted molar refractivity (Wildman–Crippen MR) is 109 cm³/mol. The molecule has 11 nitrogen and oxygen atoms in total. The van der Waals surface area contributed by atoms with E-state index in [1.807, 2.05) is 19.1 Å². The minimum atomic E-state index is -1.46. The van der Waals surface area contributed by atoms with E-state index >= 15 is 0 Å². The summed E-state index contributed by atoms with van der Waals surface area (Å²) in [5.41, 5.74) is 1.55. The number of carboxylic acid groups (broad SMARTS) is 3. The summed E-state index contributed by atoms with van der Waals surface area (Å²) in [4.78, 5) is 56.9. The minimum absolute atomic E-state index is 0.0655. The maximum atomic E-state index is 12.0. The van der Waals surface area contributed by atoms with Gasteiger partial charge in [0.25, 0.3) is 5.91 Å². The van der Waals surface area contributed by atoms with E-state index in [-0.39, 0.29) is 18.7 Å². The zero-order valence-electron chi connectivity index (χ0n) is 17.1. The average molecular weight is 437 g/mol. The normalized spacial score (nSPS) is 12.3. The fourth-order valence-electron chi connectivity index (χ4n) is 2.62. The molecule has 1 aromatic rings. The van der Waals surface area contributed by atoms with Crippen LogP contribution in [-0.2, 0) is 14.4 Å². The Morgan fingerprint density at radius 1 is 0.839 bits per heavy atom. The van der Waals surface area contributed by atoms with E-state index in [0.29, 0.717) is 24.9 Å². The Bertz CT molecular complexity index is 794. The van der Waals surface area contributed by atoms with E-state index in [4.69, 9.17) is 10.2 Å². The lowest BCUT2D eigenvalue weighted by Crippen LogP contribution is -2.51. The number of carbonyl (C=O) groups is 5. The topological polar surface area (TPSA) is 182 Å². The predicted octanol–water partition coefficient (Wildman–Crippen LogP) is 0.966. The average Bonchev–Trinajstić information content (AvgIpc) is 2.69. The molecule has 0 saturated carbocycles. The van der Waals surface area contributed by atoms with Gasteiger partial charge in [0.05, 0.1) is 0 Å². The Balaban J connectivity index is 2.41. The number of hydrogen-bond acceptors (Lipinski definition) is 5. The van der Waals surface area contributed by atoms with Crippen LogP contribution in [0.25, 0.3) is 0 Å². The lowest BCUT2D eigenvalue weighted by molar-refractivity contribution is -0.140. The van der Waals surface area contributed by atoms with Crippen LogP contribution in [0, 0.1) is 6.92 Å². The molecule has 0 spiro atoms. The highest BCUT2D eigenvalue weighted by Gasteiger charge is 2.24. The fraction of sp³-hybridized carbons (Fsp3) is 0.450. The van der Waals surface area contributed by atoms with Crippen molar-refractivity contribution in [2.75, 3.05) is 6.54 Å². The molecule has 6 N–H and O–H groups in total. The number of carbonyl (C=O) groups excluding carboxylic acids is 2. The van der Waals surface area contributed by atoms with E-state index < -0.39 is 42.4 Å². The van der Waals surface area contributed by atoms with Crippen LogP contribution in [-0.4, -0.2) is 63.8 Å². The number of amides is 3. The lowest BCUT2D eigenvalue weighted by Gasteiger charge is -2.18. The summed E-state index contributed by atoms with van der Waals surface area (Å²) in [6.45, 7) is 2.23. The van der Waals surface area contributed by atoms with Crippen LogP contribution in [0.5, 0.6) is 0 Å². The number of carboxylic acids is 3. The van der Waals surface area contributed by atoms with Crippen molar-refractivity contribution < 1.29 is 39.3 Å². The summed E-state index contributed by atoms with van der Waals surface area (Å²) < 4.78 is 0. The van der Waals surface area contributed by atoms with Gasteiger partial charge < -0.3 is 31.3 Å². The number of aliphatic carboxylic acids is 3. The molecule has 0 saturated heterocycles. The smallest absolute Gasteiger partial charge is 0.326 e. The van der Waals surface area contributed by atoms with Gasteiger partial charge >= 0.3 is 23.9 Å². The molecule has 0 aliphatic rings. The number of unbranched alkanes of at least 4 members (excludes halogenated alkanes) is 1. The molecule has 0 fully saturated rings. The third kappa shape index (κ3) is 10.1. The fourth-order valence-corrected chi connectivity index (χ4v) is 2.62. The number of aryl methyl sites for hydroxylation is 1. The van der Waals surface area contributed by atoms with Crippen LogP contribution in [0.2, 0.25) is 0 Å². The first-order valence-electron chi connectivity index (χ1n) is 9.69. The van der Waals surface area contributed by atoms with Crippen LogP contribution in [0.3, 0.4) is 0 Å². The Morgan fingerprint density at radius 2 is 1.39 bits per heavy atom. The Labute approximate surface area is 178 Å². The Kier molecular flexibility index (Phi) is 10.5. The number of benzene rings is 1. The largest absolute Gasteiger partial charge is 0.481 e. The van der Waals surface area contributed by atoms with Gasteiger partial charge in [-0.25, -0.2) is 14.4 Å². The van der Waals surface area contributed by atoms with Gasteiger partial charge in [-0.3, -0.25) is 9.59 Å². The van der Waals surface area contributed by atoms with Gasteiger partial charge in [0.1, 0.15) is 12.1 Å². The molecule has 1 aromatic carbocycles. The Hall–Kier alpha value is -3.63. The lowest BCUT2D eigenvalue weighted by atomic mass is 10.1. The second-order valence-corrected chi connectivity index (χ2v) is 6.95. The molecule has 170 valence electrons. The summed E-state index contributed by atoms with van der Waals surface area (Å²) >= 11 is 0. The summed E-state index contributed by atoms with van der Waals surface area (Å²) in [6.07, 6.45) is 0.119. The SMILES string of the molecule is Cc1ccc(C(=O)NCCCC[C@H](NC(=O)N[C@@H](CCC(=O)O)C(=O)O)C(=O)O)cc1. The van der Waals surface area contributed by atoms with Crippen LogP contribution in [0.15, 0.2) is 24.3 Å². The molecule has 0 aliphatic carbocycles. The van der Waals surface area contributed by atoms with Crippen molar-refractivity contribution in [2.45, 2.75) is 51.1 Å². The molecular formula is C20H27N3O8. The van der Waals surface area contributed by atoms with Gasteiger partial charge in [-0.2, -0.15) is 0 Å². The van der Waals surface area contributed by atoms with Gasteiger partial charge in [-0.05, 0) is 44.7 Å². The monoisotopic (exact) mass is 437 g/mol. The van der Waals surface area contributed by atoms with Crippen molar-refractivity contribution >= 4 is 29.8 Å². The first-order chi connectivity index (χ1) is 14.6. The summed E-state index contributed by atoms with van der Waals surface area (Å²) in [7, 11) is 0. The molecule has 0 bridgehead atoms. The molecule has 0 heterocycles. The first kappa shape index (κ1) is 25.4. The van der Waals surface area contributed by atoms with Crippen molar-refractivity contribution in [3.05, 3.63) is 35.4 Å². The van der Waals surface area contributed by atoms with Gasteiger partial charge in [-0.15, -0.1) is 0 Å². The van der Waals surface area contributed by atoms with Crippen molar-refractivity contribution in [1.82, 2.24) is 16.0 Å². The second-order valence-electron chi connectivity index (χ2n) is 6.95. The van der Waals surface area contributed by atoms with Crippen LogP contribution in [0.4, 0.5) is 4.79 Å². The molecule has 2 atom stereocenters. The quantitative estimate of drug-likeness (QED) is 0.247. The maximum Gasteiger partial charge on any atom is 0.326 e. The summed E-state index contributed by atoms with van der Waals surface area (Å²) in [5.74, 6) is -4.18. The number of rotatable bonds is 13. The van der Waals surface area contributed by atoms with Gasteiger partial charge in [0.15, 0.2) is 0 Å². The summed E-state index contributed by atoms with van der Waals surface area (Å²) in [6, 6.07) is 3.31. The number of urea groups is 1. The first-order valence-corrected chi connectivity index (χ1v) is 9.69. The molecule has 11 heteroatoms. The molecule has 3 amide bonds. The standard InChI is InChI=1S/C20H27N3O8/c1-12-5-7-13(8-6-12)17(26)21-11-3-2-4-14(18(27)28)22-20(31)23-15(19(29)30)9-10-16(24)25/h5-8,14-15H,2-4,9-11H2,1H3,(H,21,26)(H,24,25)(H,27,28)(H,29,30)(H2,22,23,31)/t14-,15-/m0/s1. The maximum absolute atomic E-state index is 12.0. The van der Waals surface area contributed by atoms with E-state index in [2.05, 4.69) is 16.0 Å². The Morgan fingerprint density at radius 3 is 1.90 bits per heavy atom. The van der Waals surface area contributed by atoms with Gasteiger partial charge in [0.2, 0.25) is 0 Å². The van der Waals surface area contributed by atoms with Gasteiger partial charge in [-0.1, -0.05) is 17.7 Å². The van der Waals surface area contributed by atoms with Crippen molar-refractivity contribution in [3.63, 3.8) is 0 Å². The molecule has 0 aromatic heterocycles. The highest BCUT2D eigenvalue weighted by atomic mass is 16.4. The van der Waals surface area contributed by atoms with Crippen LogP contribution >= 0.6 is 0 Å². The summed E-state index contributed by atoms with van der Waals surface area (Å²) in [5, 5.41) is 33.9. The van der Waals surface area contributed by atoms with Gasteiger partial charge in [0, 0.05) is 18.5 Å². The highest BCUT2D eigenvalue weighted by Crippen LogP contribution is 2.05. The molecule has 0 aliphatic heterocycles. The molecule has 31 heavy (non-hydrogen) atoms. The number of nitrogens with one attached hydrogen (secondary N) is 3.